The molecular formula is C29H29BrN4OS. The molecule has 5 rings (SSSR count). The molecule has 5 nitrogen and oxygen atoms in total. The molecule has 1 unspecified atom stereocenters. The van der Waals surface area contributed by atoms with Crippen LogP contribution in [0.15, 0.2) is 69.9 Å². The molecule has 2 aromatic carbocycles. The van der Waals surface area contributed by atoms with Gasteiger partial charge in [0, 0.05) is 39.5 Å². The summed E-state index contributed by atoms with van der Waals surface area (Å²) < 4.78 is 3.28. The van der Waals surface area contributed by atoms with E-state index in [0.717, 1.165) is 36.7 Å². The Morgan fingerprint density at radius 2 is 1.53 bits per heavy atom. The monoisotopic (exact) mass is 560 g/mol. The Kier molecular flexibility index (Phi) is 6.70. The Balaban J connectivity index is 1.89. The van der Waals surface area contributed by atoms with Crippen LogP contribution >= 0.6 is 27.3 Å². The van der Waals surface area contributed by atoms with Crippen molar-refractivity contribution in [3.63, 3.8) is 0 Å². The molecule has 0 saturated heterocycles. The predicted octanol–water partition coefficient (Wildman–Crippen LogP) is 7.18. The number of benzene rings is 2. The maximum atomic E-state index is 13.3. The standard InChI is InChI=1S/C29H29BrN4OS/c1-16(2)26-28-24(29(35)34(5)33-26)25(30)27(36-28)23(21-17(3)31-32-18(21)4)22(19-12-8-6-9-13-19)20-14-10-7-11-15-20/h6-16,22-23H,1-5H3,(H,31,32). The zero-order valence-corrected chi connectivity index (χ0v) is 23.4. The number of hydrogen-bond acceptors (Lipinski definition) is 4. The fourth-order valence-corrected chi connectivity index (χ4v) is 7.61. The Hall–Kier alpha value is -3.03. The second-order valence-electron chi connectivity index (χ2n) is 9.58. The molecule has 0 bridgehead atoms. The van der Waals surface area contributed by atoms with Crippen molar-refractivity contribution >= 4 is 37.4 Å². The van der Waals surface area contributed by atoms with Crippen LogP contribution in [-0.4, -0.2) is 20.0 Å². The summed E-state index contributed by atoms with van der Waals surface area (Å²) in [5.41, 5.74) is 6.46. The SMILES string of the molecule is Cc1n[nH]c(C)c1C(c1sc2c(C(C)C)nn(C)c(=O)c2c1Br)C(c1ccccc1)c1ccccc1. The highest BCUT2D eigenvalue weighted by Crippen LogP contribution is 2.51. The van der Waals surface area contributed by atoms with Gasteiger partial charge in [-0.2, -0.15) is 10.2 Å². The minimum atomic E-state index is -0.0841. The molecule has 0 amide bonds. The Labute approximate surface area is 223 Å². The van der Waals surface area contributed by atoms with E-state index in [1.165, 1.54) is 15.8 Å². The number of hydrogen-bond donors (Lipinski definition) is 1. The number of nitrogens with zero attached hydrogens (tertiary/aromatic N) is 3. The molecule has 0 spiro atoms. The molecule has 0 aliphatic rings. The lowest BCUT2D eigenvalue weighted by Gasteiger charge is -2.29. The van der Waals surface area contributed by atoms with E-state index in [9.17, 15) is 4.79 Å². The van der Waals surface area contributed by atoms with Crippen LogP contribution in [0.4, 0.5) is 0 Å². The van der Waals surface area contributed by atoms with Crippen LogP contribution in [0.2, 0.25) is 0 Å². The van der Waals surface area contributed by atoms with Gasteiger partial charge in [0.05, 0.1) is 21.5 Å². The smallest absolute Gasteiger partial charge is 0.276 e. The predicted molar refractivity (Wildman–Crippen MR) is 151 cm³/mol. The first-order chi connectivity index (χ1) is 17.3. The number of halogens is 1. The van der Waals surface area contributed by atoms with Crippen LogP contribution in [0.5, 0.6) is 0 Å². The molecule has 36 heavy (non-hydrogen) atoms. The average molecular weight is 562 g/mol. The zero-order valence-electron chi connectivity index (χ0n) is 21.0. The van der Waals surface area contributed by atoms with Crippen molar-refractivity contribution in [3.05, 3.63) is 114 Å². The van der Waals surface area contributed by atoms with E-state index in [2.05, 4.69) is 120 Å². The largest absolute Gasteiger partial charge is 0.282 e. The van der Waals surface area contributed by atoms with Gasteiger partial charge in [-0.25, -0.2) is 4.68 Å². The van der Waals surface area contributed by atoms with E-state index >= 15 is 0 Å². The second-order valence-corrected chi connectivity index (χ2v) is 11.4. The average Bonchev–Trinajstić information content (AvgIpc) is 3.39. The van der Waals surface area contributed by atoms with Crippen molar-refractivity contribution in [1.82, 2.24) is 20.0 Å². The molecule has 0 fully saturated rings. The van der Waals surface area contributed by atoms with Crippen LogP contribution in [0.1, 0.15) is 70.3 Å². The lowest BCUT2D eigenvalue weighted by atomic mass is 9.75. The van der Waals surface area contributed by atoms with E-state index in [1.807, 2.05) is 0 Å². The number of thiophene rings is 1. The third kappa shape index (κ3) is 4.14. The first-order valence-electron chi connectivity index (χ1n) is 12.1. The van der Waals surface area contributed by atoms with Gasteiger partial charge < -0.3 is 0 Å². The molecule has 3 heterocycles. The van der Waals surface area contributed by atoms with Crippen LogP contribution in [0.25, 0.3) is 10.1 Å². The molecule has 1 atom stereocenters. The first-order valence-corrected chi connectivity index (χ1v) is 13.7. The van der Waals surface area contributed by atoms with Crippen LogP contribution < -0.4 is 5.56 Å². The Morgan fingerprint density at radius 1 is 0.944 bits per heavy atom. The number of nitrogens with one attached hydrogen (secondary N) is 1. The highest BCUT2D eigenvalue weighted by atomic mass is 79.9. The summed E-state index contributed by atoms with van der Waals surface area (Å²) in [6, 6.07) is 21.2. The van der Waals surface area contributed by atoms with E-state index in [0.29, 0.717) is 5.39 Å². The maximum absolute atomic E-state index is 13.3. The van der Waals surface area contributed by atoms with Gasteiger partial charge in [-0.3, -0.25) is 9.89 Å². The lowest BCUT2D eigenvalue weighted by Crippen LogP contribution is -2.21. The van der Waals surface area contributed by atoms with Crippen molar-refractivity contribution in [2.24, 2.45) is 7.05 Å². The molecule has 0 radical (unpaired) electrons. The quantitative estimate of drug-likeness (QED) is 0.239. The van der Waals surface area contributed by atoms with E-state index in [1.54, 1.807) is 18.4 Å². The van der Waals surface area contributed by atoms with Gasteiger partial charge in [0.2, 0.25) is 0 Å². The van der Waals surface area contributed by atoms with Crippen molar-refractivity contribution in [2.75, 3.05) is 0 Å². The van der Waals surface area contributed by atoms with Crippen molar-refractivity contribution in [1.29, 1.82) is 0 Å². The molecule has 0 aliphatic heterocycles. The number of aryl methyl sites for hydroxylation is 3. The third-order valence-electron chi connectivity index (χ3n) is 6.85. The summed E-state index contributed by atoms with van der Waals surface area (Å²) in [6.07, 6.45) is 0. The van der Waals surface area contributed by atoms with Crippen molar-refractivity contribution in [3.8, 4) is 0 Å². The molecule has 5 aromatic rings. The minimum absolute atomic E-state index is 0.0195. The molecule has 0 saturated carbocycles. The number of aromatic nitrogens is 4. The molecule has 3 aromatic heterocycles. The number of fused-ring (bicyclic) bond motifs is 1. The molecule has 7 heteroatoms. The molecule has 0 aliphatic carbocycles. The van der Waals surface area contributed by atoms with Crippen molar-refractivity contribution < 1.29 is 0 Å². The van der Waals surface area contributed by atoms with E-state index < -0.39 is 0 Å². The zero-order chi connectivity index (χ0) is 25.6. The first kappa shape index (κ1) is 24.7. The number of aromatic amines is 1. The minimum Gasteiger partial charge on any atom is -0.282 e. The topological polar surface area (TPSA) is 63.6 Å². The summed E-state index contributed by atoms with van der Waals surface area (Å²) in [7, 11) is 1.73. The fraction of sp³-hybridized carbons (Fsp3) is 0.276. The van der Waals surface area contributed by atoms with E-state index in [-0.39, 0.29) is 23.3 Å². The van der Waals surface area contributed by atoms with Crippen LogP contribution in [0, 0.1) is 13.8 Å². The summed E-state index contributed by atoms with van der Waals surface area (Å²) >= 11 is 5.59. The summed E-state index contributed by atoms with van der Waals surface area (Å²) in [5, 5.41) is 13.1. The van der Waals surface area contributed by atoms with Gasteiger partial charge in [0.15, 0.2) is 0 Å². The summed E-state index contributed by atoms with van der Waals surface area (Å²) in [5.74, 6) is 0.142. The second kappa shape index (κ2) is 9.79. The fourth-order valence-electron chi connectivity index (χ4n) is 5.16. The Bertz CT molecular complexity index is 1530. The lowest BCUT2D eigenvalue weighted by molar-refractivity contribution is 0.667. The molecular weight excluding hydrogens is 532 g/mol. The van der Waals surface area contributed by atoms with E-state index in [4.69, 9.17) is 0 Å². The van der Waals surface area contributed by atoms with Crippen LogP contribution in [0.3, 0.4) is 0 Å². The normalized spacial score (nSPS) is 12.7. The van der Waals surface area contributed by atoms with Crippen molar-refractivity contribution in [2.45, 2.75) is 45.4 Å². The number of rotatable bonds is 6. The Morgan fingerprint density at radius 3 is 2.03 bits per heavy atom. The van der Waals surface area contributed by atoms with Gasteiger partial charge in [-0.05, 0) is 46.8 Å². The molecule has 184 valence electrons. The van der Waals surface area contributed by atoms with Gasteiger partial charge in [-0.15, -0.1) is 11.3 Å². The highest BCUT2D eigenvalue weighted by Gasteiger charge is 2.35. The van der Waals surface area contributed by atoms with Gasteiger partial charge >= 0.3 is 0 Å². The highest BCUT2D eigenvalue weighted by molar-refractivity contribution is 9.10. The molecule has 1 N–H and O–H groups in total. The van der Waals surface area contributed by atoms with Crippen LogP contribution in [-0.2, 0) is 7.05 Å². The number of H-pyrrole nitrogens is 1. The third-order valence-corrected chi connectivity index (χ3v) is 9.23. The summed E-state index contributed by atoms with van der Waals surface area (Å²) in [4.78, 5) is 14.5. The maximum Gasteiger partial charge on any atom is 0.276 e. The van der Waals surface area contributed by atoms with Gasteiger partial charge in [0.1, 0.15) is 0 Å². The van der Waals surface area contributed by atoms with Gasteiger partial charge in [-0.1, -0.05) is 74.5 Å². The summed E-state index contributed by atoms with van der Waals surface area (Å²) in [6.45, 7) is 8.38. The van der Waals surface area contributed by atoms with Gasteiger partial charge in [0.25, 0.3) is 5.56 Å².